The number of aliphatic imine (C=N–C) groups is 1. The van der Waals surface area contributed by atoms with E-state index in [0.29, 0.717) is 24.5 Å². The number of phenolic OH excluding ortho intramolecular Hbond substituents is 1. The third-order valence-electron chi connectivity index (χ3n) is 3.65. The van der Waals surface area contributed by atoms with Crippen LogP contribution in [0.2, 0.25) is 0 Å². The van der Waals surface area contributed by atoms with Crippen molar-refractivity contribution in [1.29, 1.82) is 0 Å². The second kappa shape index (κ2) is 8.34. The van der Waals surface area contributed by atoms with Crippen LogP contribution in [0.4, 0.5) is 0 Å². The maximum Gasteiger partial charge on any atom is 0.166 e. The molecule has 0 aliphatic heterocycles. The third kappa shape index (κ3) is 4.57. The predicted octanol–water partition coefficient (Wildman–Crippen LogP) is 3.51. The lowest BCUT2D eigenvalue weighted by Crippen LogP contribution is -2.22. The first-order valence-electron chi connectivity index (χ1n) is 7.79. The molecule has 4 heteroatoms. The van der Waals surface area contributed by atoms with Gasteiger partial charge in [-0.1, -0.05) is 36.4 Å². The van der Waals surface area contributed by atoms with E-state index in [1.807, 2.05) is 51.4 Å². The number of aromatic hydroxyl groups is 1. The average molecular weight is 312 g/mol. The molecule has 2 rings (SSSR count). The summed E-state index contributed by atoms with van der Waals surface area (Å²) in [4.78, 5) is 6.66. The highest BCUT2D eigenvalue weighted by atomic mass is 16.5. The van der Waals surface area contributed by atoms with Crippen molar-refractivity contribution in [3.8, 4) is 11.5 Å². The van der Waals surface area contributed by atoms with E-state index < -0.39 is 0 Å². The van der Waals surface area contributed by atoms with Crippen molar-refractivity contribution in [1.82, 2.24) is 4.90 Å². The Hall–Kier alpha value is -2.33. The van der Waals surface area contributed by atoms with Crippen LogP contribution >= 0.6 is 0 Å². The molecule has 0 heterocycles. The van der Waals surface area contributed by atoms with Gasteiger partial charge in [0.25, 0.3) is 0 Å². The van der Waals surface area contributed by atoms with E-state index in [0.717, 1.165) is 0 Å². The van der Waals surface area contributed by atoms with E-state index in [-0.39, 0.29) is 11.8 Å². The van der Waals surface area contributed by atoms with Crippen LogP contribution in [0.25, 0.3) is 0 Å². The molecule has 0 fully saturated rings. The van der Waals surface area contributed by atoms with Gasteiger partial charge in [0, 0.05) is 11.8 Å². The van der Waals surface area contributed by atoms with E-state index in [1.165, 1.54) is 5.56 Å². The second-order valence-corrected chi connectivity index (χ2v) is 5.51. The van der Waals surface area contributed by atoms with E-state index >= 15 is 0 Å². The molecule has 2 aromatic carbocycles. The fraction of sp³-hybridized carbons (Fsp3) is 0.316. The zero-order valence-electron chi connectivity index (χ0n) is 13.9. The van der Waals surface area contributed by atoms with Gasteiger partial charge in [0.2, 0.25) is 0 Å². The molecule has 0 spiro atoms. The van der Waals surface area contributed by atoms with Gasteiger partial charge >= 0.3 is 0 Å². The van der Waals surface area contributed by atoms with Gasteiger partial charge in [-0.3, -0.25) is 4.99 Å². The average Bonchev–Trinajstić information content (AvgIpc) is 2.55. The van der Waals surface area contributed by atoms with E-state index in [9.17, 15) is 5.11 Å². The molecular formula is C19H24N2O2. The highest BCUT2D eigenvalue weighted by molar-refractivity contribution is 5.84. The van der Waals surface area contributed by atoms with Crippen LogP contribution in [0.15, 0.2) is 53.5 Å². The normalized spacial score (nSPS) is 12.7. The second-order valence-electron chi connectivity index (χ2n) is 5.51. The first-order chi connectivity index (χ1) is 11.1. The molecule has 1 atom stereocenters. The Morgan fingerprint density at radius 1 is 1.13 bits per heavy atom. The molecule has 122 valence electrons. The number of para-hydroxylation sites is 1. The van der Waals surface area contributed by atoms with Crippen LogP contribution in [-0.4, -0.2) is 43.5 Å². The number of rotatable bonds is 7. The van der Waals surface area contributed by atoms with Crippen molar-refractivity contribution in [2.24, 2.45) is 4.99 Å². The predicted molar refractivity (Wildman–Crippen MR) is 94.6 cm³/mol. The summed E-state index contributed by atoms with van der Waals surface area (Å²) in [5.41, 5.74) is 1.89. The minimum atomic E-state index is 0.138. The number of ether oxygens (including phenoxy) is 1. The molecule has 0 amide bonds. The van der Waals surface area contributed by atoms with E-state index in [1.54, 1.807) is 12.3 Å². The highest BCUT2D eigenvalue weighted by Crippen LogP contribution is 2.28. The van der Waals surface area contributed by atoms with Crippen LogP contribution in [0, 0.1) is 0 Å². The summed E-state index contributed by atoms with van der Waals surface area (Å²) in [6.45, 7) is 3.03. The lowest BCUT2D eigenvalue weighted by atomic mass is 10.1. The van der Waals surface area contributed by atoms with Crippen molar-refractivity contribution in [2.45, 2.75) is 13.0 Å². The first-order valence-corrected chi connectivity index (χ1v) is 7.79. The molecule has 0 saturated heterocycles. The lowest BCUT2D eigenvalue weighted by Gasteiger charge is -2.22. The number of hydrogen-bond donors (Lipinski definition) is 1. The Morgan fingerprint density at radius 2 is 1.87 bits per heavy atom. The van der Waals surface area contributed by atoms with Gasteiger partial charge in [-0.05, 0) is 38.7 Å². The molecule has 4 nitrogen and oxygen atoms in total. The van der Waals surface area contributed by atoms with Gasteiger partial charge in [0.15, 0.2) is 11.5 Å². The standard InChI is InChI=1S/C19H24N2O2/c1-4-23-18-12-8-11-16(19(18)22)13-20-14-17(21(2)3)15-9-6-5-7-10-15/h5-13,17,22H,4,14H2,1-3H3/t17-/m1/s1. The number of benzene rings is 2. The number of nitrogens with zero attached hydrogens (tertiary/aromatic N) is 2. The molecule has 1 N–H and O–H groups in total. The fourth-order valence-corrected chi connectivity index (χ4v) is 2.41. The van der Waals surface area contributed by atoms with Gasteiger partial charge in [-0.15, -0.1) is 0 Å². The Labute approximate surface area is 138 Å². The van der Waals surface area contributed by atoms with Gasteiger partial charge < -0.3 is 14.7 Å². The number of hydrogen-bond acceptors (Lipinski definition) is 4. The lowest BCUT2D eigenvalue weighted by molar-refractivity contribution is 0.307. The molecule has 0 aliphatic carbocycles. The summed E-state index contributed by atoms with van der Waals surface area (Å²) in [7, 11) is 4.08. The summed E-state index contributed by atoms with van der Waals surface area (Å²) in [5.74, 6) is 0.628. The molecule has 0 saturated carbocycles. The Morgan fingerprint density at radius 3 is 2.52 bits per heavy atom. The van der Waals surface area contributed by atoms with Gasteiger partial charge in [0.1, 0.15) is 0 Å². The topological polar surface area (TPSA) is 45.1 Å². The van der Waals surface area contributed by atoms with Crippen LogP contribution in [-0.2, 0) is 0 Å². The largest absolute Gasteiger partial charge is 0.504 e. The minimum absolute atomic E-state index is 0.138. The molecule has 0 aliphatic rings. The smallest absolute Gasteiger partial charge is 0.166 e. The third-order valence-corrected chi connectivity index (χ3v) is 3.65. The maximum absolute atomic E-state index is 10.2. The number of likely N-dealkylation sites (N-methyl/N-ethyl adjacent to an activating group) is 1. The van der Waals surface area contributed by atoms with Crippen molar-refractivity contribution >= 4 is 6.21 Å². The zero-order valence-corrected chi connectivity index (χ0v) is 13.9. The molecule has 23 heavy (non-hydrogen) atoms. The minimum Gasteiger partial charge on any atom is -0.504 e. The van der Waals surface area contributed by atoms with Crippen LogP contribution in [0.1, 0.15) is 24.1 Å². The van der Waals surface area contributed by atoms with E-state index in [4.69, 9.17) is 4.74 Å². The molecular weight excluding hydrogens is 288 g/mol. The van der Waals surface area contributed by atoms with Crippen molar-refractivity contribution in [2.75, 3.05) is 27.2 Å². The quantitative estimate of drug-likeness (QED) is 0.796. The SMILES string of the molecule is CCOc1cccc(C=NC[C@H](c2ccccc2)N(C)C)c1O. The van der Waals surface area contributed by atoms with Crippen molar-refractivity contribution in [3.05, 3.63) is 59.7 Å². The molecule has 0 aromatic heterocycles. The highest BCUT2D eigenvalue weighted by Gasteiger charge is 2.12. The molecule has 0 bridgehead atoms. The monoisotopic (exact) mass is 312 g/mol. The van der Waals surface area contributed by atoms with Crippen LogP contribution in [0.5, 0.6) is 11.5 Å². The Balaban J connectivity index is 2.12. The zero-order chi connectivity index (χ0) is 16.7. The van der Waals surface area contributed by atoms with Gasteiger partial charge in [0.05, 0.1) is 19.2 Å². The summed E-state index contributed by atoms with van der Waals surface area (Å²) < 4.78 is 5.39. The van der Waals surface area contributed by atoms with Gasteiger partial charge in [-0.2, -0.15) is 0 Å². The molecule has 2 aromatic rings. The van der Waals surface area contributed by atoms with Crippen molar-refractivity contribution < 1.29 is 9.84 Å². The fourth-order valence-electron chi connectivity index (χ4n) is 2.41. The number of phenols is 1. The Kier molecular flexibility index (Phi) is 6.18. The Bertz CT molecular complexity index is 639. The van der Waals surface area contributed by atoms with Crippen LogP contribution in [0.3, 0.4) is 0 Å². The maximum atomic E-state index is 10.2. The first kappa shape index (κ1) is 17.0. The molecule has 0 radical (unpaired) electrons. The van der Waals surface area contributed by atoms with Crippen LogP contribution < -0.4 is 4.74 Å². The summed E-state index contributed by atoms with van der Waals surface area (Å²) in [6.07, 6.45) is 1.71. The van der Waals surface area contributed by atoms with E-state index in [2.05, 4.69) is 22.0 Å². The van der Waals surface area contributed by atoms with Crippen molar-refractivity contribution in [3.63, 3.8) is 0 Å². The summed E-state index contributed by atoms with van der Waals surface area (Å²) in [6, 6.07) is 15.9. The summed E-state index contributed by atoms with van der Waals surface area (Å²) >= 11 is 0. The molecule has 0 unspecified atom stereocenters. The van der Waals surface area contributed by atoms with Gasteiger partial charge in [-0.25, -0.2) is 0 Å². The summed E-state index contributed by atoms with van der Waals surface area (Å²) in [5, 5.41) is 10.2.